The van der Waals surface area contributed by atoms with Crippen molar-refractivity contribution in [3.63, 3.8) is 0 Å². The van der Waals surface area contributed by atoms with Crippen LogP contribution in [0.15, 0.2) is 30.4 Å². The lowest BCUT2D eigenvalue weighted by Crippen LogP contribution is -2.32. The van der Waals surface area contributed by atoms with Crippen LogP contribution in [0.25, 0.3) is 6.08 Å². The van der Waals surface area contributed by atoms with Crippen molar-refractivity contribution in [2.45, 2.75) is 11.5 Å². The van der Waals surface area contributed by atoms with Crippen LogP contribution in [0.4, 0.5) is 0 Å². The average Bonchev–Trinajstić information content (AvgIpc) is 2.81. The zero-order valence-corrected chi connectivity index (χ0v) is 12.4. The first-order chi connectivity index (χ1) is 8.78. The van der Waals surface area contributed by atoms with E-state index in [0.717, 1.165) is 22.4 Å². The second kappa shape index (κ2) is 7.36. The van der Waals surface area contributed by atoms with Crippen molar-refractivity contribution in [2.24, 2.45) is 0 Å². The SMILES string of the molecule is CSC1COC(C=CC=Cc2ccc(Cl)s2)OC1. The maximum absolute atomic E-state index is 5.85. The Hall–Kier alpha value is -0.260. The Bertz CT molecular complexity index is 420. The van der Waals surface area contributed by atoms with Crippen LogP contribution in [0.2, 0.25) is 4.34 Å². The maximum atomic E-state index is 5.85. The molecule has 2 heterocycles. The largest absolute Gasteiger partial charge is 0.348 e. The van der Waals surface area contributed by atoms with Gasteiger partial charge in [-0.1, -0.05) is 23.8 Å². The molecule has 0 atom stereocenters. The van der Waals surface area contributed by atoms with Crippen LogP contribution < -0.4 is 0 Å². The molecule has 0 spiro atoms. The second-order valence-corrected chi connectivity index (χ2v) is 6.66. The lowest BCUT2D eigenvalue weighted by molar-refractivity contribution is -0.146. The molecule has 0 aliphatic carbocycles. The number of hydrogen-bond acceptors (Lipinski definition) is 4. The van der Waals surface area contributed by atoms with Gasteiger partial charge in [0.15, 0.2) is 6.29 Å². The van der Waals surface area contributed by atoms with Crippen molar-refractivity contribution in [1.29, 1.82) is 0 Å². The molecule has 0 bridgehead atoms. The number of allylic oxidation sites excluding steroid dienone is 2. The number of halogens is 1. The van der Waals surface area contributed by atoms with Gasteiger partial charge in [-0.3, -0.25) is 0 Å². The minimum atomic E-state index is -0.218. The third-order valence-corrected chi connectivity index (χ3v) is 4.60. The molecule has 98 valence electrons. The topological polar surface area (TPSA) is 18.5 Å². The van der Waals surface area contributed by atoms with Crippen LogP contribution >= 0.6 is 34.7 Å². The molecule has 0 radical (unpaired) electrons. The van der Waals surface area contributed by atoms with E-state index in [-0.39, 0.29) is 6.29 Å². The van der Waals surface area contributed by atoms with E-state index in [1.165, 1.54) is 0 Å². The molecule has 0 amide bonds. The van der Waals surface area contributed by atoms with Gasteiger partial charge in [0.25, 0.3) is 0 Å². The summed E-state index contributed by atoms with van der Waals surface area (Å²) in [7, 11) is 0. The zero-order chi connectivity index (χ0) is 12.8. The predicted molar refractivity (Wildman–Crippen MR) is 80.5 cm³/mol. The molecule has 1 aromatic rings. The van der Waals surface area contributed by atoms with Gasteiger partial charge in [0.05, 0.1) is 22.8 Å². The van der Waals surface area contributed by atoms with Gasteiger partial charge in [-0.2, -0.15) is 11.8 Å². The molecule has 2 nitrogen and oxygen atoms in total. The molecule has 2 rings (SSSR count). The lowest BCUT2D eigenvalue weighted by atomic mass is 10.3. The van der Waals surface area contributed by atoms with E-state index in [9.17, 15) is 0 Å². The van der Waals surface area contributed by atoms with Crippen LogP contribution in [0.5, 0.6) is 0 Å². The van der Waals surface area contributed by atoms with Crippen molar-refractivity contribution in [1.82, 2.24) is 0 Å². The minimum absolute atomic E-state index is 0.218. The number of ether oxygens (including phenoxy) is 2. The first-order valence-electron chi connectivity index (χ1n) is 5.64. The van der Waals surface area contributed by atoms with Crippen LogP contribution in [-0.2, 0) is 9.47 Å². The molecule has 0 unspecified atom stereocenters. The first-order valence-corrected chi connectivity index (χ1v) is 8.12. The average molecular weight is 303 g/mol. The summed E-state index contributed by atoms with van der Waals surface area (Å²) in [6, 6.07) is 3.89. The van der Waals surface area contributed by atoms with Gasteiger partial charge in [-0.25, -0.2) is 0 Å². The monoisotopic (exact) mass is 302 g/mol. The summed E-state index contributed by atoms with van der Waals surface area (Å²) in [5, 5.41) is 0.457. The molecule has 1 aliphatic rings. The zero-order valence-electron chi connectivity index (χ0n) is 10.0. The van der Waals surface area contributed by atoms with Gasteiger partial charge in [-0.15, -0.1) is 11.3 Å². The summed E-state index contributed by atoms with van der Waals surface area (Å²) >= 11 is 9.18. The fourth-order valence-electron chi connectivity index (χ4n) is 1.47. The highest BCUT2D eigenvalue weighted by atomic mass is 35.5. The highest BCUT2D eigenvalue weighted by Crippen LogP contribution is 2.22. The summed E-state index contributed by atoms with van der Waals surface area (Å²) in [6.45, 7) is 1.50. The van der Waals surface area contributed by atoms with Gasteiger partial charge in [-0.05, 0) is 30.5 Å². The summed E-state index contributed by atoms with van der Waals surface area (Å²) in [6.07, 6.45) is 9.70. The summed E-state index contributed by atoms with van der Waals surface area (Å²) in [4.78, 5) is 1.14. The van der Waals surface area contributed by atoms with Crippen molar-refractivity contribution < 1.29 is 9.47 Å². The van der Waals surface area contributed by atoms with Gasteiger partial charge in [0.1, 0.15) is 0 Å². The smallest absolute Gasteiger partial charge is 0.177 e. The van der Waals surface area contributed by atoms with Gasteiger partial charge >= 0.3 is 0 Å². The van der Waals surface area contributed by atoms with E-state index >= 15 is 0 Å². The Morgan fingerprint density at radius 2 is 2.11 bits per heavy atom. The Kier molecular flexibility index (Phi) is 5.79. The van der Waals surface area contributed by atoms with Crippen molar-refractivity contribution in [2.75, 3.05) is 19.5 Å². The normalized spacial score (nSPS) is 25.2. The minimum Gasteiger partial charge on any atom is -0.348 e. The second-order valence-electron chi connectivity index (χ2n) is 3.78. The number of thioether (sulfide) groups is 1. The lowest BCUT2D eigenvalue weighted by Gasteiger charge is -2.26. The summed E-state index contributed by atoms with van der Waals surface area (Å²) in [5.41, 5.74) is 0. The van der Waals surface area contributed by atoms with Crippen molar-refractivity contribution in [3.8, 4) is 0 Å². The highest BCUT2D eigenvalue weighted by molar-refractivity contribution is 7.99. The van der Waals surface area contributed by atoms with Crippen LogP contribution in [-0.4, -0.2) is 31.0 Å². The fourth-order valence-corrected chi connectivity index (χ4v) is 2.87. The highest BCUT2D eigenvalue weighted by Gasteiger charge is 2.18. The molecule has 1 saturated heterocycles. The number of rotatable bonds is 4. The fraction of sp³-hybridized carbons (Fsp3) is 0.385. The molecule has 5 heteroatoms. The molecule has 18 heavy (non-hydrogen) atoms. The Morgan fingerprint density at radius 1 is 1.33 bits per heavy atom. The van der Waals surface area contributed by atoms with E-state index in [0.29, 0.717) is 5.25 Å². The van der Waals surface area contributed by atoms with Crippen molar-refractivity contribution >= 4 is 40.8 Å². The molecule has 1 aliphatic heterocycles. The van der Waals surface area contributed by atoms with Gasteiger partial charge in [0, 0.05) is 4.88 Å². The Morgan fingerprint density at radius 3 is 2.72 bits per heavy atom. The maximum Gasteiger partial charge on any atom is 0.177 e. The molecule has 1 aromatic heterocycles. The van der Waals surface area contributed by atoms with Crippen molar-refractivity contribution in [3.05, 3.63) is 39.6 Å². The summed E-state index contributed by atoms with van der Waals surface area (Å²) < 4.78 is 11.9. The van der Waals surface area contributed by atoms with E-state index in [2.05, 4.69) is 6.26 Å². The molecule has 0 aromatic carbocycles. The molecular weight excluding hydrogens is 288 g/mol. The van der Waals surface area contributed by atoms with Crippen LogP contribution in [0.3, 0.4) is 0 Å². The molecule has 0 saturated carbocycles. The Labute approximate surface area is 121 Å². The van der Waals surface area contributed by atoms with Gasteiger partial charge in [0.2, 0.25) is 0 Å². The number of hydrogen-bond donors (Lipinski definition) is 0. The molecule has 0 N–H and O–H groups in total. The predicted octanol–water partition coefficient (Wildman–Crippen LogP) is 4.08. The Balaban J connectivity index is 1.76. The third kappa shape index (κ3) is 4.44. The summed E-state index contributed by atoms with van der Waals surface area (Å²) in [5.74, 6) is 0. The van der Waals surface area contributed by atoms with E-state index in [4.69, 9.17) is 21.1 Å². The first kappa shape index (κ1) is 14.2. The van der Waals surface area contributed by atoms with E-state index in [1.54, 1.807) is 23.1 Å². The quantitative estimate of drug-likeness (QED) is 0.781. The molecule has 1 fully saturated rings. The van der Waals surface area contributed by atoms with E-state index in [1.807, 2.05) is 36.4 Å². The third-order valence-electron chi connectivity index (χ3n) is 2.46. The van der Waals surface area contributed by atoms with E-state index < -0.39 is 0 Å². The van der Waals surface area contributed by atoms with Gasteiger partial charge < -0.3 is 9.47 Å². The standard InChI is InChI=1S/C13H15ClO2S2/c1-17-11-8-15-13(16-9-11)5-3-2-4-10-6-7-12(14)18-10/h2-7,11,13H,8-9H2,1H3. The number of thiophene rings is 1. The molecular formula is C13H15ClO2S2. The van der Waals surface area contributed by atoms with Crippen LogP contribution in [0, 0.1) is 0 Å². The van der Waals surface area contributed by atoms with Crippen LogP contribution in [0.1, 0.15) is 4.88 Å².